The molecule has 1 aliphatic heterocycles. The SMILES string of the molecule is COc1ccc(/C(O)=C2\C(=O)C(=O)N(c3nc4ccc(OC)cc4s3)C2c2ccc(C(C)C)cc2)cc1. The van der Waals surface area contributed by atoms with Crippen molar-refractivity contribution in [2.75, 3.05) is 19.1 Å². The summed E-state index contributed by atoms with van der Waals surface area (Å²) in [5.74, 6) is -0.141. The van der Waals surface area contributed by atoms with Gasteiger partial charge in [0.15, 0.2) is 5.13 Å². The van der Waals surface area contributed by atoms with Crippen molar-refractivity contribution in [3.8, 4) is 11.5 Å². The topological polar surface area (TPSA) is 89.0 Å². The third-order valence-corrected chi connectivity index (χ3v) is 7.53. The van der Waals surface area contributed by atoms with E-state index in [1.165, 1.54) is 16.2 Å². The van der Waals surface area contributed by atoms with Gasteiger partial charge in [-0.05, 0) is 59.5 Å². The zero-order valence-electron chi connectivity index (χ0n) is 20.9. The van der Waals surface area contributed by atoms with Crippen molar-refractivity contribution in [2.45, 2.75) is 25.8 Å². The lowest BCUT2D eigenvalue weighted by atomic mass is 9.93. The van der Waals surface area contributed by atoms with Crippen LogP contribution in [0.4, 0.5) is 5.13 Å². The van der Waals surface area contributed by atoms with Crippen molar-refractivity contribution in [1.82, 2.24) is 4.98 Å². The molecule has 188 valence electrons. The summed E-state index contributed by atoms with van der Waals surface area (Å²) < 4.78 is 11.4. The lowest BCUT2D eigenvalue weighted by Gasteiger charge is -2.23. The second-order valence-corrected chi connectivity index (χ2v) is 10.1. The van der Waals surface area contributed by atoms with E-state index in [0.29, 0.717) is 39.2 Å². The molecule has 0 saturated carbocycles. The summed E-state index contributed by atoms with van der Waals surface area (Å²) in [6, 6.07) is 19.1. The number of thiazole rings is 1. The van der Waals surface area contributed by atoms with Crippen LogP contribution in [0.15, 0.2) is 72.3 Å². The van der Waals surface area contributed by atoms with Crippen LogP contribution in [0.3, 0.4) is 0 Å². The second kappa shape index (κ2) is 9.71. The van der Waals surface area contributed by atoms with Gasteiger partial charge < -0.3 is 14.6 Å². The average molecular weight is 515 g/mol. The van der Waals surface area contributed by atoms with Gasteiger partial charge in [-0.25, -0.2) is 4.98 Å². The van der Waals surface area contributed by atoms with Crippen LogP contribution in [-0.2, 0) is 9.59 Å². The van der Waals surface area contributed by atoms with E-state index < -0.39 is 17.7 Å². The molecule has 8 heteroatoms. The molecule has 2 heterocycles. The van der Waals surface area contributed by atoms with E-state index in [0.717, 1.165) is 10.3 Å². The van der Waals surface area contributed by atoms with Crippen LogP contribution >= 0.6 is 11.3 Å². The maximum atomic E-state index is 13.5. The predicted molar refractivity (Wildman–Crippen MR) is 144 cm³/mol. The molecule has 3 aromatic carbocycles. The summed E-state index contributed by atoms with van der Waals surface area (Å²) in [4.78, 5) is 32.9. The van der Waals surface area contributed by atoms with E-state index in [1.54, 1.807) is 44.6 Å². The smallest absolute Gasteiger partial charge is 0.301 e. The number of anilines is 1. The minimum absolute atomic E-state index is 0.0179. The summed E-state index contributed by atoms with van der Waals surface area (Å²) in [5, 5.41) is 11.7. The van der Waals surface area contributed by atoms with E-state index in [9.17, 15) is 14.7 Å². The Morgan fingerprint density at radius 1 is 0.946 bits per heavy atom. The molecular weight excluding hydrogens is 488 g/mol. The number of amides is 1. The van der Waals surface area contributed by atoms with Gasteiger partial charge in [0, 0.05) is 5.56 Å². The molecule has 0 bridgehead atoms. The Morgan fingerprint density at radius 3 is 2.22 bits per heavy atom. The number of hydrogen-bond donors (Lipinski definition) is 1. The molecule has 1 amide bonds. The Balaban J connectivity index is 1.69. The fourth-order valence-electron chi connectivity index (χ4n) is 4.44. The third kappa shape index (κ3) is 4.34. The zero-order valence-corrected chi connectivity index (χ0v) is 21.7. The monoisotopic (exact) mass is 514 g/mol. The summed E-state index contributed by atoms with van der Waals surface area (Å²) in [6.45, 7) is 4.19. The Hall–Kier alpha value is -4.17. The Labute approximate surface area is 218 Å². The summed E-state index contributed by atoms with van der Waals surface area (Å²) in [6.07, 6.45) is 0. The standard InChI is InChI=1S/C29H26N2O5S/c1-16(2)17-5-7-18(8-6-17)25-24(26(32)19-9-11-20(35-3)12-10-19)27(33)28(34)31(25)29-30-22-14-13-21(36-4)15-23(22)37-29/h5-16,25,32H,1-4H3/b26-24+. The van der Waals surface area contributed by atoms with Crippen molar-refractivity contribution >= 4 is 44.1 Å². The first-order valence-electron chi connectivity index (χ1n) is 11.8. The number of carbonyl (C=O) groups is 2. The molecule has 0 radical (unpaired) electrons. The first kappa shape index (κ1) is 24.5. The molecule has 1 aromatic heterocycles. The van der Waals surface area contributed by atoms with E-state index in [1.807, 2.05) is 36.4 Å². The molecule has 1 unspecified atom stereocenters. The zero-order chi connectivity index (χ0) is 26.3. The molecule has 37 heavy (non-hydrogen) atoms. The molecule has 4 aromatic rings. The normalized spacial score (nSPS) is 17.1. The molecule has 1 aliphatic rings. The van der Waals surface area contributed by atoms with Crippen LogP contribution in [-0.4, -0.2) is 36.0 Å². The van der Waals surface area contributed by atoms with E-state index in [-0.39, 0.29) is 11.3 Å². The van der Waals surface area contributed by atoms with Crippen LogP contribution in [0.5, 0.6) is 11.5 Å². The van der Waals surface area contributed by atoms with Crippen LogP contribution in [0.2, 0.25) is 0 Å². The van der Waals surface area contributed by atoms with Gasteiger partial charge in [-0.1, -0.05) is 49.4 Å². The number of aliphatic hydroxyl groups is 1. The number of aromatic nitrogens is 1. The maximum absolute atomic E-state index is 13.5. The summed E-state index contributed by atoms with van der Waals surface area (Å²) in [5.41, 5.74) is 2.95. The fourth-order valence-corrected chi connectivity index (χ4v) is 5.46. The highest BCUT2D eigenvalue weighted by Gasteiger charge is 2.48. The second-order valence-electron chi connectivity index (χ2n) is 9.05. The van der Waals surface area contributed by atoms with Crippen LogP contribution in [0.25, 0.3) is 16.0 Å². The molecule has 7 nitrogen and oxygen atoms in total. The quantitative estimate of drug-likeness (QED) is 0.191. The van der Waals surface area contributed by atoms with Gasteiger partial charge in [0.25, 0.3) is 5.78 Å². The number of methoxy groups -OCH3 is 2. The van der Waals surface area contributed by atoms with Crippen molar-refractivity contribution < 1.29 is 24.2 Å². The summed E-state index contributed by atoms with van der Waals surface area (Å²) >= 11 is 1.29. The van der Waals surface area contributed by atoms with Gasteiger partial charge in [0.05, 0.1) is 36.1 Å². The van der Waals surface area contributed by atoms with Gasteiger partial charge >= 0.3 is 5.91 Å². The highest BCUT2D eigenvalue weighted by atomic mass is 32.1. The largest absolute Gasteiger partial charge is 0.507 e. The maximum Gasteiger partial charge on any atom is 0.301 e. The van der Waals surface area contributed by atoms with Gasteiger partial charge in [-0.15, -0.1) is 0 Å². The molecule has 1 N–H and O–H groups in total. The first-order valence-corrected chi connectivity index (χ1v) is 12.6. The molecule has 5 rings (SSSR count). The molecular formula is C29H26N2O5S. The number of rotatable bonds is 6. The minimum atomic E-state index is -0.842. The predicted octanol–water partition coefficient (Wildman–Crippen LogP) is 6.06. The van der Waals surface area contributed by atoms with E-state index in [2.05, 4.69) is 18.8 Å². The van der Waals surface area contributed by atoms with E-state index in [4.69, 9.17) is 9.47 Å². The molecule has 1 fully saturated rings. The Morgan fingerprint density at radius 2 is 1.59 bits per heavy atom. The number of carbonyl (C=O) groups excluding carboxylic acids is 2. The molecule has 0 spiro atoms. The highest BCUT2D eigenvalue weighted by Crippen LogP contribution is 2.45. The molecule has 1 atom stereocenters. The van der Waals surface area contributed by atoms with Crippen molar-refractivity contribution in [2.24, 2.45) is 0 Å². The van der Waals surface area contributed by atoms with Crippen molar-refractivity contribution in [3.63, 3.8) is 0 Å². The number of nitrogens with zero attached hydrogens (tertiary/aromatic N) is 2. The van der Waals surface area contributed by atoms with Gasteiger partial charge in [0.2, 0.25) is 0 Å². The van der Waals surface area contributed by atoms with Crippen LogP contribution in [0, 0.1) is 0 Å². The van der Waals surface area contributed by atoms with E-state index >= 15 is 0 Å². The van der Waals surface area contributed by atoms with Crippen molar-refractivity contribution in [3.05, 3.63) is 89.0 Å². The minimum Gasteiger partial charge on any atom is -0.507 e. The number of ketones is 1. The number of fused-ring (bicyclic) bond motifs is 1. The Kier molecular flexibility index (Phi) is 6.43. The highest BCUT2D eigenvalue weighted by molar-refractivity contribution is 7.22. The van der Waals surface area contributed by atoms with Gasteiger partial charge in [-0.2, -0.15) is 0 Å². The number of benzene rings is 3. The fraction of sp³-hybridized carbons (Fsp3) is 0.207. The third-order valence-electron chi connectivity index (χ3n) is 6.52. The lowest BCUT2D eigenvalue weighted by Crippen LogP contribution is -2.29. The average Bonchev–Trinajstić information content (AvgIpc) is 3.45. The molecule has 1 saturated heterocycles. The van der Waals surface area contributed by atoms with Crippen LogP contribution < -0.4 is 14.4 Å². The van der Waals surface area contributed by atoms with Gasteiger partial charge in [0.1, 0.15) is 17.3 Å². The summed E-state index contributed by atoms with van der Waals surface area (Å²) in [7, 11) is 3.14. The Bertz CT molecular complexity index is 1520. The first-order chi connectivity index (χ1) is 17.8. The number of ether oxygens (including phenoxy) is 2. The molecule has 0 aliphatic carbocycles. The van der Waals surface area contributed by atoms with Crippen molar-refractivity contribution in [1.29, 1.82) is 0 Å². The van der Waals surface area contributed by atoms with Crippen LogP contribution in [0.1, 0.15) is 42.5 Å². The number of hydrogen-bond acceptors (Lipinski definition) is 7. The lowest BCUT2D eigenvalue weighted by molar-refractivity contribution is -0.132. The number of aliphatic hydroxyl groups excluding tert-OH is 1. The van der Waals surface area contributed by atoms with Gasteiger partial charge in [-0.3, -0.25) is 14.5 Å². The number of Topliss-reactive ketones (excluding diaryl/α,β-unsaturated/α-hetero) is 1.